The molecule has 2 heterocycles. The molecule has 1 saturated heterocycles. The zero-order valence-corrected chi connectivity index (χ0v) is 11.8. The lowest BCUT2D eigenvalue weighted by atomic mass is 9.83. The molecule has 20 heavy (non-hydrogen) atoms. The first-order chi connectivity index (χ1) is 9.50. The standard InChI is InChI=1S/C14H18N4O2/c1-3-4-14(12(19)20)5-6-18(9-14)13-16-10(2)7-11(8-15)17-13/h7H,3-6,9H2,1-2H3,(H,19,20). The SMILES string of the molecule is CCCC1(C(=O)O)CCN(c2nc(C)cc(C#N)n2)C1. The van der Waals surface area contributed by atoms with E-state index in [-0.39, 0.29) is 0 Å². The van der Waals surface area contributed by atoms with Gasteiger partial charge in [0.05, 0.1) is 5.41 Å². The summed E-state index contributed by atoms with van der Waals surface area (Å²) in [6, 6.07) is 3.63. The highest BCUT2D eigenvalue weighted by Crippen LogP contribution is 2.36. The van der Waals surface area contributed by atoms with Crippen LogP contribution in [0.3, 0.4) is 0 Å². The Morgan fingerprint density at radius 1 is 1.60 bits per heavy atom. The molecule has 1 N–H and O–H groups in total. The number of nitriles is 1. The summed E-state index contributed by atoms with van der Waals surface area (Å²) in [6.45, 7) is 4.81. The van der Waals surface area contributed by atoms with E-state index >= 15 is 0 Å². The molecule has 1 fully saturated rings. The van der Waals surface area contributed by atoms with Crippen LogP contribution < -0.4 is 4.90 Å². The zero-order chi connectivity index (χ0) is 14.8. The van der Waals surface area contributed by atoms with Gasteiger partial charge in [0, 0.05) is 18.8 Å². The molecule has 2 rings (SSSR count). The van der Waals surface area contributed by atoms with Crippen molar-refractivity contribution in [2.45, 2.75) is 33.1 Å². The Kier molecular flexibility index (Phi) is 3.89. The van der Waals surface area contributed by atoms with Gasteiger partial charge in [-0.2, -0.15) is 5.26 Å². The number of hydrogen-bond donors (Lipinski definition) is 1. The number of carbonyl (C=O) groups is 1. The summed E-state index contributed by atoms with van der Waals surface area (Å²) >= 11 is 0. The van der Waals surface area contributed by atoms with Crippen LogP contribution in [0.25, 0.3) is 0 Å². The lowest BCUT2D eigenvalue weighted by Crippen LogP contribution is -2.35. The van der Waals surface area contributed by atoms with Crippen molar-refractivity contribution >= 4 is 11.9 Å². The molecule has 1 aromatic rings. The summed E-state index contributed by atoms with van der Waals surface area (Å²) in [4.78, 5) is 21.9. The van der Waals surface area contributed by atoms with Gasteiger partial charge in [0.2, 0.25) is 5.95 Å². The van der Waals surface area contributed by atoms with Crippen molar-refractivity contribution in [1.29, 1.82) is 5.26 Å². The van der Waals surface area contributed by atoms with Gasteiger partial charge < -0.3 is 10.0 Å². The van der Waals surface area contributed by atoms with Crippen LogP contribution in [-0.4, -0.2) is 34.1 Å². The van der Waals surface area contributed by atoms with Gasteiger partial charge in [-0.1, -0.05) is 13.3 Å². The van der Waals surface area contributed by atoms with Crippen molar-refractivity contribution in [2.75, 3.05) is 18.0 Å². The summed E-state index contributed by atoms with van der Waals surface area (Å²) in [6.07, 6.45) is 2.07. The Morgan fingerprint density at radius 3 is 2.95 bits per heavy atom. The number of aryl methyl sites for hydroxylation is 1. The average Bonchev–Trinajstić information content (AvgIpc) is 2.84. The fourth-order valence-electron chi connectivity index (χ4n) is 2.76. The third kappa shape index (κ3) is 2.57. The number of hydrogen-bond acceptors (Lipinski definition) is 5. The number of aromatic nitrogens is 2. The van der Waals surface area contributed by atoms with Crippen molar-refractivity contribution in [2.24, 2.45) is 5.41 Å². The molecule has 1 aromatic heterocycles. The van der Waals surface area contributed by atoms with E-state index in [2.05, 4.69) is 9.97 Å². The summed E-state index contributed by atoms with van der Waals surface area (Å²) in [5.41, 5.74) is 0.319. The Balaban J connectivity index is 2.27. The second-order valence-electron chi connectivity index (χ2n) is 5.31. The Hall–Kier alpha value is -2.16. The fraction of sp³-hybridized carbons (Fsp3) is 0.571. The van der Waals surface area contributed by atoms with Crippen molar-refractivity contribution in [3.8, 4) is 6.07 Å². The topological polar surface area (TPSA) is 90.1 Å². The molecule has 1 unspecified atom stereocenters. The van der Waals surface area contributed by atoms with E-state index in [1.165, 1.54) is 0 Å². The van der Waals surface area contributed by atoms with Gasteiger partial charge in [0.15, 0.2) is 0 Å². The predicted molar refractivity (Wildman–Crippen MR) is 73.3 cm³/mol. The molecule has 1 aliphatic rings. The quantitative estimate of drug-likeness (QED) is 0.899. The molecular weight excluding hydrogens is 256 g/mol. The maximum Gasteiger partial charge on any atom is 0.311 e. The Bertz CT molecular complexity index is 567. The van der Waals surface area contributed by atoms with Crippen molar-refractivity contribution in [3.63, 3.8) is 0 Å². The lowest BCUT2D eigenvalue weighted by Gasteiger charge is -2.24. The highest BCUT2D eigenvalue weighted by Gasteiger charge is 2.44. The molecule has 106 valence electrons. The van der Waals surface area contributed by atoms with Gasteiger partial charge in [-0.3, -0.25) is 4.79 Å². The van der Waals surface area contributed by atoms with Gasteiger partial charge >= 0.3 is 5.97 Å². The van der Waals surface area contributed by atoms with Gasteiger partial charge in [-0.25, -0.2) is 9.97 Å². The van der Waals surface area contributed by atoms with Gasteiger partial charge in [-0.05, 0) is 25.8 Å². The van der Waals surface area contributed by atoms with Gasteiger partial charge in [-0.15, -0.1) is 0 Å². The van der Waals surface area contributed by atoms with E-state index in [4.69, 9.17) is 5.26 Å². The van der Waals surface area contributed by atoms with E-state index in [1.54, 1.807) is 13.0 Å². The molecule has 1 atom stereocenters. The van der Waals surface area contributed by atoms with Crippen LogP contribution in [0, 0.1) is 23.7 Å². The van der Waals surface area contributed by atoms with E-state index in [0.29, 0.717) is 37.6 Å². The van der Waals surface area contributed by atoms with Crippen molar-refractivity contribution in [3.05, 3.63) is 17.5 Å². The first kappa shape index (κ1) is 14.3. The predicted octanol–water partition coefficient (Wildman–Crippen LogP) is 1.74. The van der Waals surface area contributed by atoms with Crippen LogP contribution in [0.4, 0.5) is 5.95 Å². The monoisotopic (exact) mass is 274 g/mol. The largest absolute Gasteiger partial charge is 0.481 e. The Morgan fingerprint density at radius 2 is 2.35 bits per heavy atom. The highest BCUT2D eigenvalue weighted by atomic mass is 16.4. The minimum absolute atomic E-state index is 0.316. The average molecular weight is 274 g/mol. The number of aliphatic carboxylic acids is 1. The van der Waals surface area contributed by atoms with E-state index in [1.807, 2.05) is 17.9 Å². The number of carboxylic acids is 1. The molecule has 0 radical (unpaired) electrons. The zero-order valence-electron chi connectivity index (χ0n) is 11.8. The maximum absolute atomic E-state index is 11.6. The van der Waals surface area contributed by atoms with Crippen LogP contribution in [0.15, 0.2) is 6.07 Å². The minimum Gasteiger partial charge on any atom is -0.481 e. The number of carboxylic acid groups (broad SMARTS) is 1. The van der Waals surface area contributed by atoms with Crippen LogP contribution in [-0.2, 0) is 4.79 Å². The van der Waals surface area contributed by atoms with Crippen LogP contribution in [0.1, 0.15) is 37.6 Å². The lowest BCUT2D eigenvalue weighted by molar-refractivity contribution is -0.148. The summed E-state index contributed by atoms with van der Waals surface area (Å²) in [5, 5.41) is 18.4. The third-order valence-electron chi connectivity index (χ3n) is 3.78. The first-order valence-corrected chi connectivity index (χ1v) is 6.75. The first-order valence-electron chi connectivity index (χ1n) is 6.75. The summed E-state index contributed by atoms with van der Waals surface area (Å²) in [5.74, 6) is -0.296. The van der Waals surface area contributed by atoms with Crippen LogP contribution in [0.5, 0.6) is 0 Å². The second kappa shape index (κ2) is 5.45. The van der Waals surface area contributed by atoms with Gasteiger partial charge in [0.25, 0.3) is 0 Å². The van der Waals surface area contributed by atoms with E-state index in [9.17, 15) is 9.90 Å². The summed E-state index contributed by atoms with van der Waals surface area (Å²) < 4.78 is 0. The van der Waals surface area contributed by atoms with Crippen molar-refractivity contribution < 1.29 is 9.90 Å². The van der Waals surface area contributed by atoms with Crippen LogP contribution in [0.2, 0.25) is 0 Å². The minimum atomic E-state index is -0.755. The smallest absolute Gasteiger partial charge is 0.311 e. The molecule has 1 aliphatic heterocycles. The molecule has 0 spiro atoms. The second-order valence-corrected chi connectivity index (χ2v) is 5.31. The molecular formula is C14H18N4O2. The molecule has 0 bridgehead atoms. The highest BCUT2D eigenvalue weighted by molar-refractivity contribution is 5.76. The molecule has 0 amide bonds. The molecule has 0 aliphatic carbocycles. The van der Waals surface area contributed by atoms with Crippen molar-refractivity contribution in [1.82, 2.24) is 9.97 Å². The molecule has 0 saturated carbocycles. The molecule has 0 aromatic carbocycles. The maximum atomic E-state index is 11.6. The Labute approximate surface area is 118 Å². The number of nitrogens with zero attached hydrogens (tertiary/aromatic N) is 4. The number of anilines is 1. The summed E-state index contributed by atoms with van der Waals surface area (Å²) in [7, 11) is 0. The third-order valence-corrected chi connectivity index (χ3v) is 3.78. The van der Waals surface area contributed by atoms with E-state index < -0.39 is 11.4 Å². The molecule has 6 nitrogen and oxygen atoms in total. The van der Waals surface area contributed by atoms with Crippen LogP contribution >= 0.6 is 0 Å². The molecule has 6 heteroatoms. The normalized spacial score (nSPS) is 21.8. The fourth-order valence-corrected chi connectivity index (χ4v) is 2.76. The van der Waals surface area contributed by atoms with E-state index in [0.717, 1.165) is 12.1 Å². The van der Waals surface area contributed by atoms with Gasteiger partial charge in [0.1, 0.15) is 11.8 Å². The number of rotatable bonds is 4.